The number of hydrogen-bond donors (Lipinski definition) is 1. The van der Waals surface area contributed by atoms with Crippen LogP contribution in [0.1, 0.15) is 23.6 Å². The zero-order valence-corrected chi connectivity index (χ0v) is 15.9. The van der Waals surface area contributed by atoms with Crippen LogP contribution >= 0.6 is 0 Å². The lowest BCUT2D eigenvalue weighted by molar-refractivity contribution is -0.115. The fourth-order valence-corrected chi connectivity index (χ4v) is 2.91. The van der Waals surface area contributed by atoms with Gasteiger partial charge in [-0.15, -0.1) is 0 Å². The molecule has 1 N–H and O–H groups in total. The van der Waals surface area contributed by atoms with Crippen molar-refractivity contribution in [3.05, 3.63) is 89.6 Å². The van der Waals surface area contributed by atoms with Crippen LogP contribution in [0.3, 0.4) is 0 Å². The number of pyridine rings is 1. The third-order valence-corrected chi connectivity index (χ3v) is 4.46. The Hall–Kier alpha value is -3.14. The van der Waals surface area contributed by atoms with E-state index < -0.39 is 0 Å². The van der Waals surface area contributed by atoms with Crippen molar-refractivity contribution in [1.29, 1.82) is 0 Å². The lowest BCUT2D eigenvalue weighted by atomic mass is 10.1. The van der Waals surface area contributed by atoms with E-state index >= 15 is 0 Å². The third kappa shape index (κ3) is 5.42. The number of carbonyl (C=O) groups is 1. The van der Waals surface area contributed by atoms with E-state index in [4.69, 9.17) is 0 Å². The molecule has 0 saturated heterocycles. The van der Waals surface area contributed by atoms with E-state index in [1.165, 1.54) is 11.1 Å². The molecule has 0 saturated carbocycles. The second-order valence-corrected chi connectivity index (χ2v) is 6.61. The van der Waals surface area contributed by atoms with Gasteiger partial charge in [-0.1, -0.05) is 60.2 Å². The molecule has 0 aliphatic heterocycles. The topological polar surface area (TPSA) is 45.2 Å². The molecular formula is C23H25N3O. The summed E-state index contributed by atoms with van der Waals surface area (Å²) in [6.07, 6.45) is 2.16. The van der Waals surface area contributed by atoms with E-state index in [-0.39, 0.29) is 5.91 Å². The first-order chi connectivity index (χ1) is 13.1. The largest absolute Gasteiger partial charge is 0.366 e. The molecule has 27 heavy (non-hydrogen) atoms. The van der Waals surface area contributed by atoms with Crippen LogP contribution in [0, 0.1) is 6.92 Å². The molecule has 0 bridgehead atoms. The van der Waals surface area contributed by atoms with Crippen molar-refractivity contribution < 1.29 is 4.79 Å². The highest BCUT2D eigenvalue weighted by Gasteiger charge is 2.08. The zero-order valence-electron chi connectivity index (χ0n) is 15.9. The summed E-state index contributed by atoms with van der Waals surface area (Å²) < 4.78 is 0. The SMILES string of the molecule is CCN(Cc1ccccc1)c1ccc(NC(=O)Cc2ccc(C)cc2)nc1. The first-order valence-corrected chi connectivity index (χ1v) is 9.24. The molecule has 4 nitrogen and oxygen atoms in total. The number of anilines is 2. The molecule has 0 fully saturated rings. The Morgan fingerprint density at radius 1 is 0.963 bits per heavy atom. The van der Waals surface area contributed by atoms with Gasteiger partial charge in [-0.25, -0.2) is 4.98 Å². The van der Waals surface area contributed by atoms with Gasteiger partial charge in [-0.3, -0.25) is 4.79 Å². The fraction of sp³-hybridized carbons (Fsp3) is 0.217. The number of nitrogens with zero attached hydrogens (tertiary/aromatic N) is 2. The number of nitrogens with one attached hydrogen (secondary N) is 1. The predicted molar refractivity (Wildman–Crippen MR) is 111 cm³/mol. The minimum atomic E-state index is -0.0595. The summed E-state index contributed by atoms with van der Waals surface area (Å²) in [7, 11) is 0. The molecule has 2 aromatic carbocycles. The van der Waals surface area contributed by atoms with Crippen molar-refractivity contribution in [3.8, 4) is 0 Å². The highest BCUT2D eigenvalue weighted by atomic mass is 16.1. The van der Waals surface area contributed by atoms with Gasteiger partial charge in [0.05, 0.1) is 18.3 Å². The Morgan fingerprint density at radius 3 is 2.33 bits per heavy atom. The van der Waals surface area contributed by atoms with Crippen LogP contribution in [0.2, 0.25) is 0 Å². The van der Waals surface area contributed by atoms with Crippen LogP contribution in [-0.4, -0.2) is 17.4 Å². The van der Waals surface area contributed by atoms with E-state index in [2.05, 4.69) is 34.3 Å². The minimum absolute atomic E-state index is 0.0595. The van der Waals surface area contributed by atoms with Gasteiger partial charge in [0.1, 0.15) is 5.82 Å². The summed E-state index contributed by atoms with van der Waals surface area (Å²) in [4.78, 5) is 18.9. The van der Waals surface area contributed by atoms with Crippen molar-refractivity contribution in [2.75, 3.05) is 16.8 Å². The Kier molecular flexibility index (Phi) is 6.21. The molecule has 4 heteroatoms. The number of aromatic nitrogens is 1. The van der Waals surface area contributed by atoms with E-state index in [1.807, 2.05) is 67.7 Å². The summed E-state index contributed by atoms with van der Waals surface area (Å²) in [5, 5.41) is 2.87. The first-order valence-electron chi connectivity index (χ1n) is 9.24. The normalized spacial score (nSPS) is 10.4. The number of carbonyl (C=O) groups excluding carboxylic acids is 1. The number of amides is 1. The monoisotopic (exact) mass is 359 g/mol. The Balaban J connectivity index is 1.60. The van der Waals surface area contributed by atoms with Crippen molar-refractivity contribution in [3.63, 3.8) is 0 Å². The summed E-state index contributed by atoms with van der Waals surface area (Å²) in [5.41, 5.74) is 4.48. The van der Waals surface area contributed by atoms with Gasteiger partial charge in [-0.05, 0) is 37.1 Å². The van der Waals surface area contributed by atoms with Crippen LogP contribution < -0.4 is 10.2 Å². The van der Waals surface area contributed by atoms with Crippen molar-refractivity contribution in [2.45, 2.75) is 26.8 Å². The standard InChI is InChI=1S/C23H25N3O/c1-3-26(17-20-7-5-4-6-8-20)21-13-14-22(24-16-21)25-23(27)15-19-11-9-18(2)10-12-19/h4-14,16H,3,15,17H2,1-2H3,(H,24,25,27). The lowest BCUT2D eigenvalue weighted by Crippen LogP contribution is -2.22. The molecule has 0 aliphatic rings. The van der Waals surface area contributed by atoms with Crippen LogP contribution in [0.15, 0.2) is 72.9 Å². The Morgan fingerprint density at radius 2 is 1.70 bits per heavy atom. The molecule has 0 radical (unpaired) electrons. The third-order valence-electron chi connectivity index (χ3n) is 4.46. The first kappa shape index (κ1) is 18.6. The van der Waals surface area contributed by atoms with Crippen molar-refractivity contribution in [1.82, 2.24) is 4.98 Å². The summed E-state index contributed by atoms with van der Waals surface area (Å²) in [6, 6.07) is 22.2. The molecule has 1 heterocycles. The van der Waals surface area contributed by atoms with Gasteiger partial charge in [0.15, 0.2) is 0 Å². The number of benzene rings is 2. The molecule has 3 rings (SSSR count). The van der Waals surface area contributed by atoms with E-state index in [0.717, 1.165) is 24.3 Å². The number of aryl methyl sites for hydroxylation is 1. The van der Waals surface area contributed by atoms with Crippen molar-refractivity contribution in [2.24, 2.45) is 0 Å². The molecule has 0 unspecified atom stereocenters. The number of rotatable bonds is 7. The van der Waals surface area contributed by atoms with E-state index in [0.29, 0.717) is 12.2 Å². The summed E-state index contributed by atoms with van der Waals surface area (Å²) in [5.74, 6) is 0.516. The minimum Gasteiger partial charge on any atom is -0.366 e. The van der Waals surface area contributed by atoms with E-state index in [9.17, 15) is 4.79 Å². The molecule has 1 aromatic heterocycles. The molecule has 1 amide bonds. The fourth-order valence-electron chi connectivity index (χ4n) is 2.91. The van der Waals surface area contributed by atoms with Crippen LogP contribution in [0.25, 0.3) is 0 Å². The zero-order chi connectivity index (χ0) is 19.1. The molecular weight excluding hydrogens is 334 g/mol. The summed E-state index contributed by atoms with van der Waals surface area (Å²) in [6.45, 7) is 5.88. The average molecular weight is 359 g/mol. The van der Waals surface area contributed by atoms with Gasteiger partial charge in [0.2, 0.25) is 5.91 Å². The molecule has 0 spiro atoms. The smallest absolute Gasteiger partial charge is 0.229 e. The average Bonchev–Trinajstić information content (AvgIpc) is 2.69. The second kappa shape index (κ2) is 8.99. The molecule has 138 valence electrons. The Bertz CT molecular complexity index is 858. The van der Waals surface area contributed by atoms with Gasteiger partial charge in [-0.2, -0.15) is 0 Å². The van der Waals surface area contributed by atoms with Gasteiger partial charge < -0.3 is 10.2 Å². The van der Waals surface area contributed by atoms with Crippen LogP contribution in [-0.2, 0) is 17.8 Å². The Labute approximate surface area is 160 Å². The maximum absolute atomic E-state index is 12.2. The quantitative estimate of drug-likeness (QED) is 0.671. The summed E-state index contributed by atoms with van der Waals surface area (Å²) >= 11 is 0. The highest BCUT2D eigenvalue weighted by Crippen LogP contribution is 2.18. The predicted octanol–water partition coefficient (Wildman–Crippen LogP) is 4.60. The highest BCUT2D eigenvalue weighted by molar-refractivity contribution is 5.91. The molecule has 3 aromatic rings. The van der Waals surface area contributed by atoms with Crippen LogP contribution in [0.4, 0.5) is 11.5 Å². The van der Waals surface area contributed by atoms with Gasteiger partial charge in [0, 0.05) is 13.1 Å². The van der Waals surface area contributed by atoms with E-state index in [1.54, 1.807) is 0 Å². The second-order valence-electron chi connectivity index (χ2n) is 6.61. The maximum Gasteiger partial charge on any atom is 0.229 e. The molecule has 0 atom stereocenters. The maximum atomic E-state index is 12.2. The number of hydrogen-bond acceptors (Lipinski definition) is 3. The van der Waals surface area contributed by atoms with Crippen LogP contribution in [0.5, 0.6) is 0 Å². The molecule has 0 aliphatic carbocycles. The lowest BCUT2D eigenvalue weighted by Gasteiger charge is -2.23. The van der Waals surface area contributed by atoms with Crippen molar-refractivity contribution >= 4 is 17.4 Å². The van der Waals surface area contributed by atoms with Gasteiger partial charge in [0.25, 0.3) is 0 Å². The van der Waals surface area contributed by atoms with Gasteiger partial charge >= 0.3 is 0 Å².